The number of hydrogen-bond donors (Lipinski definition) is 3. The molecule has 0 aliphatic carbocycles. The van der Waals surface area contributed by atoms with Crippen LogP contribution in [0, 0.1) is 17.8 Å². The number of nitrogens with one attached hydrogen (secondary N) is 1. The Labute approximate surface area is 224 Å². The number of aryl methyl sites for hydroxylation is 1. The average Bonchev–Trinajstić information content (AvgIpc) is 3.38. The summed E-state index contributed by atoms with van der Waals surface area (Å²) in [5, 5.41) is 22.7. The third-order valence-corrected chi connectivity index (χ3v) is 9.30. The van der Waals surface area contributed by atoms with Gasteiger partial charge in [0.25, 0.3) is 0 Å². The Hall–Kier alpha value is -3.12. The molecule has 0 aromatic carbocycles. The quantitative estimate of drug-likeness (QED) is 0.384. The van der Waals surface area contributed by atoms with Crippen LogP contribution in [0.3, 0.4) is 0 Å². The molecule has 0 bridgehead atoms. The first kappa shape index (κ1) is 27.9. The fourth-order valence-electron chi connectivity index (χ4n) is 5.91. The molecule has 3 aliphatic heterocycles. The summed E-state index contributed by atoms with van der Waals surface area (Å²) >= 11 is 1.41. The predicted octanol–water partition coefficient (Wildman–Crippen LogP) is 0.901. The number of carbonyl (C=O) groups excluding carboxylic acids is 3. The zero-order chi connectivity index (χ0) is 28.0. The molecule has 2 fully saturated rings. The lowest BCUT2D eigenvalue weighted by Crippen LogP contribution is -2.62. The van der Waals surface area contributed by atoms with Crippen molar-refractivity contribution in [2.75, 3.05) is 13.6 Å². The van der Waals surface area contributed by atoms with Crippen molar-refractivity contribution in [3.63, 3.8) is 0 Å². The molecule has 2 amide bonds. The smallest absolute Gasteiger partial charge is 0.353 e. The maximum absolute atomic E-state index is 13.1. The van der Waals surface area contributed by atoms with Gasteiger partial charge in [0.15, 0.2) is 5.75 Å². The van der Waals surface area contributed by atoms with Gasteiger partial charge in [0.05, 0.1) is 24.5 Å². The van der Waals surface area contributed by atoms with Gasteiger partial charge in [0, 0.05) is 61.1 Å². The molecule has 4 rings (SSSR count). The van der Waals surface area contributed by atoms with Crippen LogP contribution < -0.4 is 10.7 Å². The highest BCUT2D eigenvalue weighted by molar-refractivity contribution is 8.03. The van der Waals surface area contributed by atoms with Crippen molar-refractivity contribution < 1.29 is 29.4 Å². The first-order valence-corrected chi connectivity index (χ1v) is 13.5. The Kier molecular flexibility index (Phi) is 7.76. The van der Waals surface area contributed by atoms with Crippen LogP contribution in [-0.2, 0) is 32.8 Å². The number of pyridine rings is 1. The number of aromatic hydroxyl groups is 1. The van der Waals surface area contributed by atoms with Crippen LogP contribution in [0.25, 0.3) is 0 Å². The zero-order valence-electron chi connectivity index (χ0n) is 22.1. The molecule has 1 aromatic rings. The van der Waals surface area contributed by atoms with Gasteiger partial charge in [-0.2, -0.15) is 0 Å². The van der Waals surface area contributed by atoms with E-state index in [0.29, 0.717) is 23.6 Å². The van der Waals surface area contributed by atoms with Gasteiger partial charge in [-0.05, 0) is 19.3 Å². The molecule has 6 atom stereocenters. The number of rotatable bonds is 9. The summed E-state index contributed by atoms with van der Waals surface area (Å²) in [6.07, 6.45) is 2.07. The van der Waals surface area contributed by atoms with Gasteiger partial charge in [-0.1, -0.05) is 13.8 Å². The molecule has 38 heavy (non-hydrogen) atoms. The summed E-state index contributed by atoms with van der Waals surface area (Å²) in [6.45, 7) is 5.97. The molecule has 0 saturated carbocycles. The summed E-state index contributed by atoms with van der Waals surface area (Å²) in [5.74, 6) is -2.64. The lowest BCUT2D eigenvalue weighted by atomic mass is 9.73. The second-order valence-electron chi connectivity index (χ2n) is 10.7. The summed E-state index contributed by atoms with van der Waals surface area (Å²) < 4.78 is 1.60. The molecular weight excluding hydrogens is 512 g/mol. The van der Waals surface area contributed by atoms with Gasteiger partial charge in [-0.3, -0.25) is 14.4 Å². The Morgan fingerprint density at radius 3 is 2.61 bits per heavy atom. The van der Waals surface area contributed by atoms with E-state index in [1.165, 1.54) is 40.7 Å². The normalized spacial score (nSPS) is 27.2. The van der Waals surface area contributed by atoms with Gasteiger partial charge >= 0.3 is 5.97 Å². The van der Waals surface area contributed by atoms with Crippen LogP contribution >= 0.6 is 11.8 Å². The van der Waals surface area contributed by atoms with Crippen LogP contribution in [-0.4, -0.2) is 79.1 Å². The van der Waals surface area contributed by atoms with Gasteiger partial charge in [0.2, 0.25) is 17.2 Å². The Balaban J connectivity index is 1.43. The number of Topliss-reactive ketones (excluding diaryl/α,β-unsaturated/α-hetero) is 1. The maximum atomic E-state index is 13.1. The number of carboxylic acid groups (broad SMARTS) is 1. The molecule has 3 N–H and O–H groups in total. The molecule has 0 spiro atoms. The second-order valence-corrected chi connectivity index (χ2v) is 12.0. The standard InChI is InChI=1S/C26H34N4O7S/c1-12(6-13(2)31)20-21-14(3)23(22(26(36)37)30(21)25(20)35)38-16-8-17(27-9-16)24(34)29(5)10-15-7-18(32)19(33)11-28(15)4/h7,11-12,14,16-17,20-21,27,33H,6,8-10H2,1-5H3,(H,36,37)/t12-,14+,16?,17-,20+,21+/m0/s1. The third kappa shape index (κ3) is 4.98. The lowest BCUT2D eigenvalue weighted by molar-refractivity contribution is -0.160. The number of β-lactam (4-membered cyclic amide) rings is 1. The number of amides is 2. The maximum Gasteiger partial charge on any atom is 0.353 e. The van der Waals surface area contributed by atoms with Crippen LogP contribution in [0.5, 0.6) is 5.75 Å². The van der Waals surface area contributed by atoms with Crippen LogP contribution in [0.15, 0.2) is 27.7 Å². The molecular formula is C26H34N4O7S. The van der Waals surface area contributed by atoms with Crippen molar-refractivity contribution >= 4 is 35.3 Å². The minimum Gasteiger partial charge on any atom is -0.503 e. The van der Waals surface area contributed by atoms with E-state index in [9.17, 15) is 34.2 Å². The SMILES string of the molecule is CC(=O)C[C@H](C)[C@H]1C(=O)N2C(C(=O)O)=C(SC3CN[C@H](C(=O)N(C)Cc4cc(=O)c(O)cn4C)C3)[C@H](C)[C@H]12. The summed E-state index contributed by atoms with van der Waals surface area (Å²) in [5.41, 5.74) is 0.0824. The van der Waals surface area contributed by atoms with E-state index >= 15 is 0 Å². The lowest BCUT2D eigenvalue weighted by Gasteiger charge is -2.47. The number of ketones is 1. The molecule has 1 aromatic heterocycles. The molecule has 1 unspecified atom stereocenters. The van der Waals surface area contributed by atoms with Gasteiger partial charge in [-0.25, -0.2) is 4.79 Å². The van der Waals surface area contributed by atoms with E-state index in [4.69, 9.17) is 0 Å². The molecule has 2 saturated heterocycles. The highest BCUT2D eigenvalue weighted by Gasteiger charge is 2.60. The minimum atomic E-state index is -1.15. The largest absolute Gasteiger partial charge is 0.503 e. The number of nitrogens with zero attached hydrogens (tertiary/aromatic N) is 3. The third-order valence-electron chi connectivity index (χ3n) is 7.79. The van der Waals surface area contributed by atoms with Crippen molar-refractivity contribution in [1.82, 2.24) is 19.7 Å². The first-order chi connectivity index (χ1) is 17.8. The van der Waals surface area contributed by atoms with Crippen LogP contribution in [0.1, 0.15) is 39.3 Å². The summed E-state index contributed by atoms with van der Waals surface area (Å²) in [6, 6.07) is 0.552. The summed E-state index contributed by atoms with van der Waals surface area (Å²) in [4.78, 5) is 65.3. The number of carboxylic acids is 1. The number of aromatic nitrogens is 1. The molecule has 206 valence electrons. The predicted molar refractivity (Wildman–Crippen MR) is 140 cm³/mol. The van der Waals surface area contributed by atoms with Crippen molar-refractivity contribution in [3.8, 4) is 5.75 Å². The van der Waals surface area contributed by atoms with E-state index in [0.717, 1.165) is 0 Å². The first-order valence-electron chi connectivity index (χ1n) is 12.6. The number of carbonyl (C=O) groups is 4. The zero-order valence-corrected chi connectivity index (χ0v) is 22.9. The van der Waals surface area contributed by atoms with E-state index in [1.54, 1.807) is 18.7 Å². The molecule has 11 nitrogen and oxygen atoms in total. The van der Waals surface area contributed by atoms with Crippen LogP contribution in [0.2, 0.25) is 0 Å². The molecule has 4 heterocycles. The molecule has 3 aliphatic rings. The van der Waals surface area contributed by atoms with E-state index in [1.807, 2.05) is 13.8 Å². The number of likely N-dealkylation sites (N-methyl/N-ethyl adjacent to an activating group) is 1. The fourth-order valence-corrected chi connectivity index (χ4v) is 7.39. The van der Waals surface area contributed by atoms with Crippen molar-refractivity contribution in [2.45, 2.75) is 57.5 Å². The Morgan fingerprint density at radius 2 is 1.97 bits per heavy atom. The Bertz CT molecular complexity index is 1270. The molecule has 0 radical (unpaired) electrons. The second kappa shape index (κ2) is 10.6. The van der Waals surface area contributed by atoms with Gasteiger partial charge in [-0.15, -0.1) is 11.8 Å². The molecule has 12 heteroatoms. The highest BCUT2D eigenvalue weighted by atomic mass is 32.2. The highest BCUT2D eigenvalue weighted by Crippen LogP contribution is 2.53. The summed E-state index contributed by atoms with van der Waals surface area (Å²) in [7, 11) is 3.33. The number of hydrogen-bond acceptors (Lipinski definition) is 8. The van der Waals surface area contributed by atoms with E-state index < -0.39 is 17.4 Å². The monoisotopic (exact) mass is 546 g/mol. The number of thioether (sulfide) groups is 1. The Morgan fingerprint density at radius 1 is 1.29 bits per heavy atom. The number of aliphatic carboxylic acids is 1. The van der Waals surface area contributed by atoms with Crippen molar-refractivity contribution in [2.24, 2.45) is 24.8 Å². The topological polar surface area (TPSA) is 149 Å². The van der Waals surface area contributed by atoms with Gasteiger partial charge in [0.1, 0.15) is 11.5 Å². The van der Waals surface area contributed by atoms with E-state index in [2.05, 4.69) is 5.32 Å². The van der Waals surface area contributed by atoms with Gasteiger partial charge < -0.3 is 34.7 Å². The van der Waals surface area contributed by atoms with Crippen molar-refractivity contribution in [1.29, 1.82) is 0 Å². The minimum absolute atomic E-state index is 0.000700. The van der Waals surface area contributed by atoms with E-state index in [-0.39, 0.29) is 71.1 Å². The number of fused-ring (bicyclic) bond motifs is 1. The van der Waals surface area contributed by atoms with Crippen molar-refractivity contribution in [3.05, 3.63) is 38.8 Å². The fraction of sp³-hybridized carbons (Fsp3) is 0.577. The van der Waals surface area contributed by atoms with Crippen LogP contribution in [0.4, 0.5) is 0 Å². The average molecular weight is 547 g/mol.